The van der Waals surface area contributed by atoms with Gasteiger partial charge in [-0.1, -0.05) is 261 Å². The summed E-state index contributed by atoms with van der Waals surface area (Å²) in [7, 11) is 0. The van der Waals surface area contributed by atoms with Crippen LogP contribution in [-0.2, 0) is 28.6 Å². The normalized spacial score (nSPS) is 12.6. The number of carbonyl (C=O) groups excluding carboxylic acids is 3. The molecule has 0 bridgehead atoms. The monoisotopic (exact) mass is 963 g/mol. The Balaban J connectivity index is 4.43. The number of esters is 3. The van der Waals surface area contributed by atoms with Crippen LogP contribution in [-0.4, -0.2) is 37.2 Å². The second-order valence-electron chi connectivity index (χ2n) is 19.5. The lowest BCUT2D eigenvalue weighted by Crippen LogP contribution is -2.30. The van der Waals surface area contributed by atoms with E-state index in [2.05, 4.69) is 93.7 Å². The van der Waals surface area contributed by atoms with Gasteiger partial charge in [0.25, 0.3) is 0 Å². The van der Waals surface area contributed by atoms with Crippen molar-refractivity contribution in [2.75, 3.05) is 13.2 Å². The van der Waals surface area contributed by atoms with Crippen LogP contribution in [0.4, 0.5) is 0 Å². The van der Waals surface area contributed by atoms with Gasteiger partial charge in [-0.3, -0.25) is 14.4 Å². The van der Waals surface area contributed by atoms with Gasteiger partial charge >= 0.3 is 17.9 Å². The fraction of sp³-hybridized carbons (Fsp3) is 0.762. The second-order valence-corrected chi connectivity index (χ2v) is 19.5. The molecule has 0 aliphatic rings. The molecule has 0 saturated heterocycles. The van der Waals surface area contributed by atoms with Crippen molar-refractivity contribution in [3.05, 3.63) is 72.9 Å². The minimum absolute atomic E-state index is 0.0959. The third-order valence-corrected chi connectivity index (χ3v) is 12.7. The highest BCUT2D eigenvalue weighted by Crippen LogP contribution is 2.16. The molecule has 69 heavy (non-hydrogen) atoms. The predicted octanol–water partition coefficient (Wildman–Crippen LogP) is 19.8. The Morgan fingerprint density at radius 2 is 0.580 bits per heavy atom. The fourth-order valence-electron chi connectivity index (χ4n) is 8.30. The summed E-state index contributed by atoms with van der Waals surface area (Å²) >= 11 is 0. The number of unbranched alkanes of at least 4 members (excludes halogenated alkanes) is 30. The molecule has 0 unspecified atom stereocenters. The van der Waals surface area contributed by atoms with Gasteiger partial charge in [-0.05, 0) is 83.5 Å². The van der Waals surface area contributed by atoms with Crippen LogP contribution in [0, 0.1) is 0 Å². The average Bonchev–Trinajstić information content (AvgIpc) is 3.35. The van der Waals surface area contributed by atoms with Crippen molar-refractivity contribution < 1.29 is 28.6 Å². The molecule has 0 rings (SSSR count). The van der Waals surface area contributed by atoms with Gasteiger partial charge in [-0.15, -0.1) is 0 Å². The Bertz CT molecular complexity index is 1290. The van der Waals surface area contributed by atoms with E-state index in [1.165, 1.54) is 148 Å². The molecule has 1 atom stereocenters. The predicted molar refractivity (Wildman–Crippen MR) is 298 cm³/mol. The molecule has 0 aliphatic carbocycles. The summed E-state index contributed by atoms with van der Waals surface area (Å²) in [5.41, 5.74) is 0. The van der Waals surface area contributed by atoms with Gasteiger partial charge < -0.3 is 14.2 Å². The van der Waals surface area contributed by atoms with E-state index < -0.39 is 6.10 Å². The third-order valence-electron chi connectivity index (χ3n) is 12.7. The number of hydrogen-bond acceptors (Lipinski definition) is 6. The van der Waals surface area contributed by atoms with Crippen molar-refractivity contribution in [3.8, 4) is 0 Å². The minimum atomic E-state index is -0.804. The molecule has 0 radical (unpaired) electrons. The Labute approximate surface area is 427 Å². The molecule has 0 amide bonds. The molecule has 0 saturated carbocycles. The molecule has 0 heterocycles. The number of ether oxygens (including phenoxy) is 3. The van der Waals surface area contributed by atoms with Crippen LogP contribution in [0.1, 0.15) is 290 Å². The van der Waals surface area contributed by atoms with E-state index in [1.807, 2.05) is 0 Å². The highest BCUT2D eigenvalue weighted by Gasteiger charge is 2.19. The van der Waals surface area contributed by atoms with Gasteiger partial charge in [-0.25, -0.2) is 0 Å². The molecule has 0 spiro atoms. The summed E-state index contributed by atoms with van der Waals surface area (Å²) in [6, 6.07) is 0. The standard InChI is InChI=1S/C63H110O6/c1-4-7-10-13-16-19-22-25-28-30-31-33-36-38-41-44-47-50-53-56-62(65)68-59-60(69-63(66)57-54-51-48-45-42-39-34-27-24-21-18-15-12-9-6-3)58-67-61(64)55-52-49-46-43-40-37-35-32-29-26-23-20-17-14-11-8-5-2/h9,12,18,21,26-27,29,34-35,37,43,46,60H,4-8,10-11,13-17,19-20,22-25,28,30-33,36,38-42,44-45,47-59H2,1-3H3/b12-9-,21-18-,29-26-,34-27-,37-35-,46-43-/t60-/m1/s1. The van der Waals surface area contributed by atoms with E-state index in [9.17, 15) is 14.4 Å². The molecule has 0 aliphatic heterocycles. The van der Waals surface area contributed by atoms with Gasteiger partial charge in [0.2, 0.25) is 0 Å². The maximum absolute atomic E-state index is 12.8. The van der Waals surface area contributed by atoms with Gasteiger partial charge in [-0.2, -0.15) is 0 Å². The van der Waals surface area contributed by atoms with Crippen LogP contribution in [0.3, 0.4) is 0 Å². The zero-order valence-electron chi connectivity index (χ0n) is 45.6. The average molecular weight is 964 g/mol. The Hall–Kier alpha value is -3.15. The third kappa shape index (κ3) is 55.6. The molecular weight excluding hydrogens is 853 g/mol. The Kier molecular flexibility index (Phi) is 54.8. The molecule has 0 fully saturated rings. The van der Waals surface area contributed by atoms with E-state index in [0.29, 0.717) is 19.3 Å². The minimum Gasteiger partial charge on any atom is -0.462 e. The van der Waals surface area contributed by atoms with Crippen molar-refractivity contribution in [1.29, 1.82) is 0 Å². The topological polar surface area (TPSA) is 78.9 Å². The van der Waals surface area contributed by atoms with Gasteiger partial charge in [0.1, 0.15) is 13.2 Å². The van der Waals surface area contributed by atoms with E-state index in [-0.39, 0.29) is 37.5 Å². The molecule has 0 aromatic heterocycles. The van der Waals surface area contributed by atoms with E-state index in [4.69, 9.17) is 14.2 Å². The second kappa shape index (κ2) is 57.4. The van der Waals surface area contributed by atoms with Crippen LogP contribution < -0.4 is 0 Å². The maximum Gasteiger partial charge on any atom is 0.306 e. The lowest BCUT2D eigenvalue weighted by atomic mass is 10.0. The first kappa shape index (κ1) is 65.8. The molecule has 398 valence electrons. The van der Waals surface area contributed by atoms with Crippen LogP contribution in [0.2, 0.25) is 0 Å². The highest BCUT2D eigenvalue weighted by atomic mass is 16.6. The van der Waals surface area contributed by atoms with Gasteiger partial charge in [0.05, 0.1) is 0 Å². The Morgan fingerprint density at radius 1 is 0.304 bits per heavy atom. The first-order valence-electron chi connectivity index (χ1n) is 29.4. The van der Waals surface area contributed by atoms with E-state index >= 15 is 0 Å². The Morgan fingerprint density at radius 3 is 0.942 bits per heavy atom. The summed E-state index contributed by atoms with van der Waals surface area (Å²) in [6.07, 6.45) is 73.3. The van der Waals surface area contributed by atoms with Crippen LogP contribution in [0.5, 0.6) is 0 Å². The van der Waals surface area contributed by atoms with Crippen molar-refractivity contribution in [2.45, 2.75) is 297 Å². The van der Waals surface area contributed by atoms with Crippen molar-refractivity contribution >= 4 is 17.9 Å². The molecular formula is C63H110O6. The summed E-state index contributed by atoms with van der Waals surface area (Å²) in [5.74, 6) is -0.957. The number of carbonyl (C=O) groups is 3. The smallest absolute Gasteiger partial charge is 0.306 e. The fourth-order valence-corrected chi connectivity index (χ4v) is 8.30. The largest absolute Gasteiger partial charge is 0.462 e. The van der Waals surface area contributed by atoms with Gasteiger partial charge in [0, 0.05) is 19.3 Å². The summed E-state index contributed by atoms with van der Waals surface area (Å²) in [4.78, 5) is 38.2. The van der Waals surface area contributed by atoms with Crippen molar-refractivity contribution in [1.82, 2.24) is 0 Å². The summed E-state index contributed by atoms with van der Waals surface area (Å²) in [6.45, 7) is 6.49. The summed E-state index contributed by atoms with van der Waals surface area (Å²) < 4.78 is 16.8. The van der Waals surface area contributed by atoms with Gasteiger partial charge in [0.15, 0.2) is 6.10 Å². The van der Waals surface area contributed by atoms with Crippen LogP contribution in [0.25, 0.3) is 0 Å². The van der Waals surface area contributed by atoms with E-state index in [0.717, 1.165) is 96.3 Å². The molecule has 6 heteroatoms. The zero-order chi connectivity index (χ0) is 50.0. The molecule has 6 nitrogen and oxygen atoms in total. The highest BCUT2D eigenvalue weighted by molar-refractivity contribution is 5.71. The number of hydrogen-bond donors (Lipinski definition) is 0. The SMILES string of the molecule is CC/C=C\C/C=C\C/C=C\CCCCCCCC(=O)O[C@H](COC(=O)CCC/C=C\C/C=C\C/C=C\CCCCCCCC)COC(=O)CCCCCCCCCCCCCCCCCCCCC. The first-order chi connectivity index (χ1) is 34.0. The summed E-state index contributed by atoms with van der Waals surface area (Å²) in [5, 5.41) is 0. The first-order valence-corrected chi connectivity index (χ1v) is 29.4. The zero-order valence-corrected chi connectivity index (χ0v) is 45.6. The maximum atomic E-state index is 12.8. The lowest BCUT2D eigenvalue weighted by Gasteiger charge is -2.18. The molecule has 0 aromatic carbocycles. The number of rotatable bonds is 53. The molecule has 0 aromatic rings. The van der Waals surface area contributed by atoms with Crippen LogP contribution in [0.15, 0.2) is 72.9 Å². The van der Waals surface area contributed by atoms with Crippen molar-refractivity contribution in [2.24, 2.45) is 0 Å². The lowest BCUT2D eigenvalue weighted by molar-refractivity contribution is -0.167. The molecule has 0 N–H and O–H groups in total. The number of allylic oxidation sites excluding steroid dienone is 12. The van der Waals surface area contributed by atoms with Crippen molar-refractivity contribution in [3.63, 3.8) is 0 Å². The quantitative estimate of drug-likeness (QED) is 0.0262. The van der Waals surface area contributed by atoms with Crippen LogP contribution >= 0.6 is 0 Å². The van der Waals surface area contributed by atoms with E-state index in [1.54, 1.807) is 0 Å².